The maximum Gasteiger partial charge on any atom is 0.271 e. The molecule has 0 bridgehead atoms. The van der Waals surface area contributed by atoms with Gasteiger partial charge in [0.2, 0.25) is 9.84 Å². The summed E-state index contributed by atoms with van der Waals surface area (Å²) in [5.74, 6) is -0.521. The Balaban J connectivity index is 1.31. The van der Waals surface area contributed by atoms with Gasteiger partial charge in [-0.1, -0.05) is 37.1 Å². The van der Waals surface area contributed by atoms with Crippen LogP contribution in [0.2, 0.25) is 0 Å². The summed E-state index contributed by atoms with van der Waals surface area (Å²) in [7, 11) is -8.16. The maximum atomic E-state index is 15.3. The molecular formula is C27H24FN5O4S3. The van der Waals surface area contributed by atoms with Crippen LogP contribution in [-0.4, -0.2) is 31.4 Å². The fraction of sp³-hybridized carbons (Fsp3) is 0.185. The highest BCUT2D eigenvalue weighted by Gasteiger charge is 2.26. The van der Waals surface area contributed by atoms with E-state index in [0.717, 1.165) is 43.1 Å². The monoisotopic (exact) mass is 597 g/mol. The maximum absolute atomic E-state index is 15.3. The van der Waals surface area contributed by atoms with Crippen molar-refractivity contribution in [2.24, 2.45) is 0 Å². The standard InChI is InChI=1S/C27H24FN5O4S3/c28-22-12-17(21-14-33(18-6-4-5-7-18)27-25(21)26(29)30-16-31-27)10-11-23(22)32-40(36,37)24-13-20(15-38-24)39(34,35)19-8-2-1-3-9-19/h1-3,8-16,18,32H,4-7H2,(H2,29,30,31). The van der Waals surface area contributed by atoms with Gasteiger partial charge in [-0.3, -0.25) is 4.72 Å². The van der Waals surface area contributed by atoms with Crippen molar-refractivity contribution < 1.29 is 21.2 Å². The number of benzene rings is 2. The molecule has 0 radical (unpaired) electrons. The number of fused-ring (bicyclic) bond motifs is 1. The van der Waals surface area contributed by atoms with E-state index < -0.39 is 25.7 Å². The van der Waals surface area contributed by atoms with Crippen LogP contribution in [0.1, 0.15) is 31.7 Å². The quantitative estimate of drug-likeness (QED) is 0.248. The van der Waals surface area contributed by atoms with E-state index in [4.69, 9.17) is 5.73 Å². The molecule has 9 nitrogen and oxygen atoms in total. The van der Waals surface area contributed by atoms with Gasteiger partial charge >= 0.3 is 0 Å². The van der Waals surface area contributed by atoms with Crippen LogP contribution in [0.4, 0.5) is 15.9 Å². The first kappa shape index (κ1) is 26.4. The first-order valence-corrected chi connectivity index (χ1v) is 16.3. The van der Waals surface area contributed by atoms with Crippen molar-refractivity contribution in [2.45, 2.75) is 45.7 Å². The van der Waals surface area contributed by atoms with Crippen LogP contribution in [0, 0.1) is 5.82 Å². The summed E-state index contributed by atoms with van der Waals surface area (Å²) in [6, 6.07) is 13.2. The number of nitrogens with one attached hydrogen (secondary N) is 1. The molecule has 3 heterocycles. The summed E-state index contributed by atoms with van der Waals surface area (Å²) >= 11 is 0.738. The summed E-state index contributed by atoms with van der Waals surface area (Å²) in [6.45, 7) is 0. The molecule has 0 amide bonds. The van der Waals surface area contributed by atoms with Gasteiger partial charge in [0.05, 0.1) is 20.9 Å². The van der Waals surface area contributed by atoms with E-state index in [-0.39, 0.29) is 31.5 Å². The Morgan fingerprint density at radius 2 is 1.73 bits per heavy atom. The van der Waals surface area contributed by atoms with Gasteiger partial charge in [0.25, 0.3) is 10.0 Å². The van der Waals surface area contributed by atoms with Gasteiger partial charge in [0, 0.05) is 23.2 Å². The van der Waals surface area contributed by atoms with Gasteiger partial charge in [0.15, 0.2) is 0 Å². The molecule has 0 atom stereocenters. The number of sulfonamides is 1. The second-order valence-corrected chi connectivity index (χ2v) is 14.3. The minimum Gasteiger partial charge on any atom is -0.383 e. The minimum atomic E-state index is -4.26. The lowest BCUT2D eigenvalue weighted by Gasteiger charge is -2.12. The van der Waals surface area contributed by atoms with Crippen molar-refractivity contribution in [2.75, 3.05) is 10.5 Å². The highest BCUT2D eigenvalue weighted by molar-refractivity contribution is 7.95. The molecule has 0 saturated heterocycles. The fourth-order valence-corrected chi connectivity index (χ4v) is 9.04. The average molecular weight is 598 g/mol. The highest BCUT2D eigenvalue weighted by atomic mass is 32.2. The normalized spacial score (nSPS) is 14.6. The van der Waals surface area contributed by atoms with Gasteiger partial charge < -0.3 is 10.3 Å². The topological polar surface area (TPSA) is 137 Å². The van der Waals surface area contributed by atoms with E-state index in [1.54, 1.807) is 24.3 Å². The molecule has 0 spiro atoms. The molecule has 2 aromatic carbocycles. The van der Waals surface area contributed by atoms with Crippen molar-refractivity contribution in [3.8, 4) is 11.1 Å². The van der Waals surface area contributed by atoms with E-state index in [0.29, 0.717) is 22.2 Å². The van der Waals surface area contributed by atoms with Gasteiger partial charge in [-0.2, -0.15) is 0 Å². The van der Waals surface area contributed by atoms with Crippen molar-refractivity contribution in [1.82, 2.24) is 14.5 Å². The molecule has 0 aliphatic heterocycles. The number of hydrogen-bond donors (Lipinski definition) is 2. The Morgan fingerprint density at radius 3 is 2.45 bits per heavy atom. The number of nitrogens with zero attached hydrogens (tertiary/aromatic N) is 3. The molecule has 13 heteroatoms. The lowest BCUT2D eigenvalue weighted by molar-refractivity contribution is 0.532. The van der Waals surface area contributed by atoms with E-state index in [1.807, 2.05) is 6.20 Å². The Morgan fingerprint density at radius 1 is 0.975 bits per heavy atom. The predicted molar refractivity (Wildman–Crippen MR) is 152 cm³/mol. The molecule has 1 saturated carbocycles. The number of nitrogens with two attached hydrogens (primary N) is 1. The smallest absolute Gasteiger partial charge is 0.271 e. The van der Waals surface area contributed by atoms with Crippen LogP contribution < -0.4 is 10.5 Å². The van der Waals surface area contributed by atoms with Crippen LogP contribution >= 0.6 is 11.3 Å². The lowest BCUT2D eigenvalue weighted by atomic mass is 10.1. The number of nitrogen functional groups attached to an aromatic ring is 1. The predicted octanol–water partition coefficient (Wildman–Crippen LogP) is 5.63. The summed E-state index contributed by atoms with van der Waals surface area (Å²) in [5, 5.41) is 1.87. The summed E-state index contributed by atoms with van der Waals surface area (Å²) < 4.78 is 71.2. The molecule has 40 heavy (non-hydrogen) atoms. The zero-order chi connectivity index (χ0) is 28.1. The molecule has 1 aliphatic carbocycles. The third-order valence-corrected chi connectivity index (χ3v) is 11.8. The van der Waals surface area contributed by atoms with Crippen molar-refractivity contribution in [1.29, 1.82) is 0 Å². The zero-order valence-corrected chi connectivity index (χ0v) is 23.4. The molecule has 0 unspecified atom stereocenters. The molecule has 1 aliphatic rings. The van der Waals surface area contributed by atoms with Crippen LogP contribution in [0.15, 0.2) is 86.5 Å². The Kier molecular flexibility index (Phi) is 6.59. The third kappa shape index (κ3) is 4.63. The largest absolute Gasteiger partial charge is 0.383 e. The number of sulfone groups is 1. The zero-order valence-electron chi connectivity index (χ0n) is 21.0. The Labute approximate surface area is 234 Å². The molecular weight excluding hydrogens is 574 g/mol. The molecule has 206 valence electrons. The van der Waals surface area contributed by atoms with Crippen LogP contribution in [0.25, 0.3) is 22.2 Å². The van der Waals surface area contributed by atoms with E-state index in [2.05, 4.69) is 19.3 Å². The number of anilines is 2. The van der Waals surface area contributed by atoms with Gasteiger partial charge in [-0.05, 0) is 48.7 Å². The first-order valence-electron chi connectivity index (χ1n) is 12.5. The van der Waals surface area contributed by atoms with Crippen LogP contribution in [0.5, 0.6) is 0 Å². The Bertz CT molecular complexity index is 1950. The number of thiophene rings is 1. The summed E-state index contributed by atoms with van der Waals surface area (Å²) in [5.41, 5.74) is 7.76. The number of rotatable bonds is 7. The lowest BCUT2D eigenvalue weighted by Crippen LogP contribution is -2.12. The molecule has 5 aromatic rings. The van der Waals surface area contributed by atoms with Gasteiger partial charge in [-0.25, -0.2) is 31.2 Å². The van der Waals surface area contributed by atoms with Crippen molar-refractivity contribution in [3.05, 3.63) is 78.3 Å². The number of aromatic nitrogens is 3. The van der Waals surface area contributed by atoms with Crippen molar-refractivity contribution in [3.63, 3.8) is 0 Å². The van der Waals surface area contributed by atoms with Crippen molar-refractivity contribution >= 4 is 53.7 Å². The second-order valence-electron chi connectivity index (χ2n) is 9.56. The summed E-state index contributed by atoms with van der Waals surface area (Å²) in [6.07, 6.45) is 7.58. The van der Waals surface area contributed by atoms with E-state index in [1.165, 1.54) is 36.0 Å². The average Bonchev–Trinajstić information content (AvgIpc) is 3.71. The molecule has 6 rings (SSSR count). The van der Waals surface area contributed by atoms with E-state index >= 15 is 4.39 Å². The van der Waals surface area contributed by atoms with Crippen LogP contribution in [0.3, 0.4) is 0 Å². The van der Waals surface area contributed by atoms with Gasteiger partial charge in [0.1, 0.15) is 27.8 Å². The van der Waals surface area contributed by atoms with Gasteiger partial charge in [-0.15, -0.1) is 11.3 Å². The molecule has 1 fully saturated rings. The number of hydrogen-bond acceptors (Lipinski definition) is 8. The van der Waals surface area contributed by atoms with E-state index in [9.17, 15) is 16.8 Å². The SMILES string of the molecule is Nc1ncnc2c1c(-c1ccc(NS(=O)(=O)c3cc(S(=O)(=O)c4ccccc4)cs3)c(F)c1)cn2C1CCCC1. The molecule has 3 aromatic heterocycles. The number of halogens is 1. The third-order valence-electron chi connectivity index (χ3n) is 7.06. The highest BCUT2D eigenvalue weighted by Crippen LogP contribution is 2.39. The minimum absolute atomic E-state index is 0.0478. The second kappa shape index (κ2) is 9.98. The first-order chi connectivity index (χ1) is 19.1. The fourth-order valence-electron chi connectivity index (χ4n) is 5.07. The summed E-state index contributed by atoms with van der Waals surface area (Å²) in [4.78, 5) is 8.45. The Hall–Kier alpha value is -3.81. The van der Waals surface area contributed by atoms with Crippen LogP contribution in [-0.2, 0) is 19.9 Å². The molecule has 3 N–H and O–H groups in total.